The van der Waals surface area contributed by atoms with Gasteiger partial charge in [0.05, 0.1) is 11.0 Å². The number of aliphatic hydroxyl groups is 1. The molecule has 1 heterocycles. The Morgan fingerprint density at radius 3 is 2.64 bits per heavy atom. The molecule has 0 spiro atoms. The van der Waals surface area contributed by atoms with Gasteiger partial charge in [-0.15, -0.1) is 6.42 Å². The first-order valence-electron chi connectivity index (χ1n) is 4.16. The van der Waals surface area contributed by atoms with Gasteiger partial charge >= 0.3 is 0 Å². The molecular formula is C11H8N2O. The van der Waals surface area contributed by atoms with Gasteiger partial charge in [-0.25, -0.2) is 0 Å². The van der Waals surface area contributed by atoms with Gasteiger partial charge in [0.15, 0.2) is 0 Å². The monoisotopic (exact) mass is 184 g/mol. The molecule has 1 aromatic heterocycles. The van der Waals surface area contributed by atoms with Crippen LogP contribution in [-0.4, -0.2) is 15.1 Å². The molecule has 0 aliphatic carbocycles. The average Bonchev–Trinajstić information content (AvgIpc) is 2.27. The molecule has 0 amide bonds. The lowest BCUT2D eigenvalue weighted by Gasteiger charge is -2.03. The van der Waals surface area contributed by atoms with Gasteiger partial charge in [-0.3, -0.25) is 9.97 Å². The standard InChI is InChI=1S/C11H8N2O/c1-2-11(14)8-3-4-9-10(7-8)13-6-5-12-9/h1,3-7,11,14H. The normalized spacial score (nSPS) is 12.3. The molecule has 2 rings (SSSR count). The van der Waals surface area contributed by atoms with Crippen molar-refractivity contribution < 1.29 is 5.11 Å². The summed E-state index contributed by atoms with van der Waals surface area (Å²) >= 11 is 0. The molecule has 2 aromatic rings. The van der Waals surface area contributed by atoms with Crippen molar-refractivity contribution >= 4 is 11.0 Å². The molecule has 3 heteroatoms. The molecule has 14 heavy (non-hydrogen) atoms. The van der Waals surface area contributed by atoms with Crippen LogP contribution in [0, 0.1) is 12.3 Å². The van der Waals surface area contributed by atoms with E-state index in [1.165, 1.54) is 0 Å². The van der Waals surface area contributed by atoms with Gasteiger partial charge in [0.2, 0.25) is 0 Å². The number of benzene rings is 1. The molecule has 1 unspecified atom stereocenters. The van der Waals surface area contributed by atoms with Crippen LogP contribution in [0.5, 0.6) is 0 Å². The van der Waals surface area contributed by atoms with E-state index in [1.54, 1.807) is 30.6 Å². The Balaban J connectivity index is 2.58. The maximum atomic E-state index is 9.40. The number of terminal acetylenes is 1. The number of aliphatic hydroxyl groups excluding tert-OH is 1. The predicted molar refractivity (Wildman–Crippen MR) is 53.3 cm³/mol. The van der Waals surface area contributed by atoms with Gasteiger partial charge < -0.3 is 5.11 Å². The summed E-state index contributed by atoms with van der Waals surface area (Å²) in [4.78, 5) is 8.23. The second-order valence-corrected chi connectivity index (χ2v) is 2.87. The van der Waals surface area contributed by atoms with Crippen LogP contribution in [0.15, 0.2) is 30.6 Å². The summed E-state index contributed by atoms with van der Waals surface area (Å²) in [6.45, 7) is 0. The summed E-state index contributed by atoms with van der Waals surface area (Å²) in [7, 11) is 0. The van der Waals surface area contributed by atoms with Crippen LogP contribution in [0.3, 0.4) is 0 Å². The first-order chi connectivity index (χ1) is 6.81. The zero-order valence-electron chi connectivity index (χ0n) is 7.38. The molecular weight excluding hydrogens is 176 g/mol. The van der Waals surface area contributed by atoms with E-state index in [2.05, 4.69) is 15.9 Å². The third-order valence-corrected chi connectivity index (χ3v) is 1.97. The lowest BCUT2D eigenvalue weighted by atomic mass is 10.1. The Hall–Kier alpha value is -1.92. The first-order valence-corrected chi connectivity index (χ1v) is 4.16. The molecule has 1 aromatic carbocycles. The van der Waals surface area contributed by atoms with Gasteiger partial charge in [0.25, 0.3) is 0 Å². The highest BCUT2D eigenvalue weighted by atomic mass is 16.3. The fourth-order valence-electron chi connectivity index (χ4n) is 1.25. The number of fused-ring (bicyclic) bond motifs is 1. The molecule has 0 radical (unpaired) electrons. The number of rotatable bonds is 1. The number of aromatic nitrogens is 2. The van der Waals surface area contributed by atoms with Crippen LogP contribution in [0.2, 0.25) is 0 Å². The number of nitrogens with zero attached hydrogens (tertiary/aromatic N) is 2. The smallest absolute Gasteiger partial charge is 0.140 e. The van der Waals surface area contributed by atoms with Crippen molar-refractivity contribution in [2.24, 2.45) is 0 Å². The zero-order valence-corrected chi connectivity index (χ0v) is 7.38. The maximum absolute atomic E-state index is 9.40. The summed E-state index contributed by atoms with van der Waals surface area (Å²) in [5.74, 6) is 2.25. The van der Waals surface area contributed by atoms with Gasteiger partial charge in [-0.05, 0) is 17.7 Å². The Bertz CT molecular complexity index is 502. The summed E-state index contributed by atoms with van der Waals surface area (Å²) in [5.41, 5.74) is 2.19. The van der Waals surface area contributed by atoms with Crippen molar-refractivity contribution in [1.29, 1.82) is 0 Å². The lowest BCUT2D eigenvalue weighted by Crippen LogP contribution is -1.93. The summed E-state index contributed by atoms with van der Waals surface area (Å²) < 4.78 is 0. The van der Waals surface area contributed by atoms with E-state index in [1.807, 2.05) is 0 Å². The minimum Gasteiger partial charge on any atom is -0.376 e. The van der Waals surface area contributed by atoms with Crippen molar-refractivity contribution in [1.82, 2.24) is 9.97 Å². The molecule has 0 aliphatic rings. The molecule has 0 bridgehead atoms. The van der Waals surface area contributed by atoms with E-state index in [4.69, 9.17) is 6.42 Å². The number of hydrogen-bond acceptors (Lipinski definition) is 3. The first kappa shape index (κ1) is 8.67. The zero-order chi connectivity index (χ0) is 9.97. The SMILES string of the molecule is C#CC(O)c1ccc2nccnc2c1. The highest BCUT2D eigenvalue weighted by Crippen LogP contribution is 2.16. The van der Waals surface area contributed by atoms with Crippen LogP contribution in [0.1, 0.15) is 11.7 Å². The largest absolute Gasteiger partial charge is 0.376 e. The Kier molecular flexibility index (Phi) is 2.13. The van der Waals surface area contributed by atoms with E-state index in [0.29, 0.717) is 5.56 Å². The Labute approximate surface area is 81.4 Å². The van der Waals surface area contributed by atoms with Crippen molar-refractivity contribution in [2.75, 3.05) is 0 Å². The maximum Gasteiger partial charge on any atom is 0.140 e. The molecule has 1 atom stereocenters. The second kappa shape index (κ2) is 3.44. The van der Waals surface area contributed by atoms with Crippen LogP contribution in [0.4, 0.5) is 0 Å². The van der Waals surface area contributed by atoms with Crippen molar-refractivity contribution in [3.63, 3.8) is 0 Å². The second-order valence-electron chi connectivity index (χ2n) is 2.87. The van der Waals surface area contributed by atoms with Gasteiger partial charge in [-0.1, -0.05) is 12.0 Å². The average molecular weight is 184 g/mol. The third kappa shape index (κ3) is 1.43. The van der Waals surface area contributed by atoms with Gasteiger partial charge in [0.1, 0.15) is 6.10 Å². The van der Waals surface area contributed by atoms with Crippen molar-refractivity contribution in [3.8, 4) is 12.3 Å². The van der Waals surface area contributed by atoms with Crippen LogP contribution in [0.25, 0.3) is 11.0 Å². The van der Waals surface area contributed by atoms with E-state index in [9.17, 15) is 5.11 Å². The van der Waals surface area contributed by atoms with Gasteiger partial charge in [0, 0.05) is 12.4 Å². The summed E-state index contributed by atoms with van der Waals surface area (Å²) in [6, 6.07) is 5.28. The molecule has 0 fully saturated rings. The fraction of sp³-hybridized carbons (Fsp3) is 0.0909. The lowest BCUT2D eigenvalue weighted by molar-refractivity contribution is 0.238. The van der Waals surface area contributed by atoms with E-state index in [0.717, 1.165) is 11.0 Å². The molecule has 3 nitrogen and oxygen atoms in total. The number of hydrogen-bond donors (Lipinski definition) is 1. The molecule has 68 valence electrons. The quantitative estimate of drug-likeness (QED) is 0.679. The van der Waals surface area contributed by atoms with Crippen molar-refractivity contribution in [2.45, 2.75) is 6.10 Å². The third-order valence-electron chi connectivity index (χ3n) is 1.97. The molecule has 0 aliphatic heterocycles. The fourth-order valence-corrected chi connectivity index (χ4v) is 1.25. The van der Waals surface area contributed by atoms with E-state index in [-0.39, 0.29) is 0 Å². The van der Waals surface area contributed by atoms with Crippen LogP contribution >= 0.6 is 0 Å². The minimum absolute atomic E-state index is 0.667. The predicted octanol–water partition coefficient (Wildman–Crippen LogP) is 1.30. The summed E-state index contributed by atoms with van der Waals surface area (Å²) in [5, 5.41) is 9.40. The molecule has 0 saturated carbocycles. The molecule has 0 saturated heterocycles. The molecule has 1 N–H and O–H groups in total. The van der Waals surface area contributed by atoms with Crippen molar-refractivity contribution in [3.05, 3.63) is 36.2 Å². The van der Waals surface area contributed by atoms with E-state index >= 15 is 0 Å². The highest BCUT2D eigenvalue weighted by Gasteiger charge is 2.04. The Morgan fingerprint density at radius 2 is 1.93 bits per heavy atom. The minimum atomic E-state index is -0.874. The Morgan fingerprint density at radius 1 is 1.21 bits per heavy atom. The topological polar surface area (TPSA) is 46.0 Å². The highest BCUT2D eigenvalue weighted by molar-refractivity contribution is 5.74. The van der Waals surface area contributed by atoms with E-state index < -0.39 is 6.10 Å². The van der Waals surface area contributed by atoms with Crippen LogP contribution in [-0.2, 0) is 0 Å². The summed E-state index contributed by atoms with van der Waals surface area (Å²) in [6.07, 6.45) is 7.47. The van der Waals surface area contributed by atoms with Crippen LogP contribution < -0.4 is 0 Å². The van der Waals surface area contributed by atoms with Gasteiger partial charge in [-0.2, -0.15) is 0 Å².